The van der Waals surface area contributed by atoms with E-state index in [1.54, 1.807) is 39.0 Å². The molecule has 0 bridgehead atoms. The van der Waals surface area contributed by atoms with Gasteiger partial charge < -0.3 is 9.84 Å². The molecule has 2 rings (SSSR count). The summed E-state index contributed by atoms with van der Waals surface area (Å²) in [5.41, 5.74) is 2.44. The van der Waals surface area contributed by atoms with Crippen LogP contribution in [0.1, 0.15) is 26.3 Å². The molecule has 0 fully saturated rings. The van der Waals surface area contributed by atoms with Crippen molar-refractivity contribution < 1.29 is 23.2 Å². The second-order valence-electron chi connectivity index (χ2n) is 6.02. The van der Waals surface area contributed by atoms with Crippen LogP contribution in [0, 0.1) is 10.1 Å². The summed E-state index contributed by atoms with van der Waals surface area (Å²) >= 11 is 0. The van der Waals surface area contributed by atoms with Crippen LogP contribution in [-0.2, 0) is 10.0 Å². The molecule has 0 radical (unpaired) electrons. The number of ether oxygens (including phenoxy) is 1. The number of phenolic OH excluding ortho intramolecular Hbond substituents is 1. The molecule has 0 spiro atoms. The van der Waals surface area contributed by atoms with Crippen LogP contribution in [0.3, 0.4) is 0 Å². The van der Waals surface area contributed by atoms with E-state index in [2.05, 4.69) is 10.5 Å². The van der Waals surface area contributed by atoms with Gasteiger partial charge in [-0.05, 0) is 31.2 Å². The number of hydrogen-bond donors (Lipinski definition) is 2. The van der Waals surface area contributed by atoms with Crippen LogP contribution in [0.2, 0.25) is 0 Å². The summed E-state index contributed by atoms with van der Waals surface area (Å²) in [6, 6.07) is 8.43. The molecule has 0 aliphatic heterocycles. The maximum Gasteiger partial charge on any atom is 0.295 e. The number of para-hydroxylation sites is 1. The molecule has 2 aromatic rings. The average molecular weight is 436 g/mol. The van der Waals surface area contributed by atoms with Crippen molar-refractivity contribution in [3.8, 4) is 11.5 Å². The molecular formula is C19H24N4O6S. The van der Waals surface area contributed by atoms with E-state index >= 15 is 0 Å². The number of nitro groups is 1. The Balaban J connectivity index is 2.32. The topological polar surface area (TPSA) is 134 Å². The molecule has 0 unspecified atom stereocenters. The fourth-order valence-electron chi connectivity index (χ4n) is 2.72. The zero-order valence-electron chi connectivity index (χ0n) is 16.9. The van der Waals surface area contributed by atoms with Crippen LogP contribution in [0.25, 0.3) is 0 Å². The van der Waals surface area contributed by atoms with Crippen LogP contribution in [0.5, 0.6) is 11.5 Å². The van der Waals surface area contributed by atoms with Gasteiger partial charge in [0.05, 0.1) is 22.6 Å². The second kappa shape index (κ2) is 10.0. The lowest BCUT2D eigenvalue weighted by molar-refractivity contribution is -0.384. The molecule has 0 heterocycles. The van der Waals surface area contributed by atoms with Crippen LogP contribution < -0.4 is 10.2 Å². The summed E-state index contributed by atoms with van der Waals surface area (Å²) in [5.74, 6) is 0.179. The number of hydrogen-bond acceptors (Lipinski definition) is 8. The Kier molecular flexibility index (Phi) is 7.72. The first-order chi connectivity index (χ1) is 14.3. The Hall–Kier alpha value is -3.18. The van der Waals surface area contributed by atoms with Crippen molar-refractivity contribution in [2.45, 2.75) is 25.7 Å². The first kappa shape index (κ1) is 23.1. The van der Waals surface area contributed by atoms with Crippen molar-refractivity contribution in [2.24, 2.45) is 5.10 Å². The lowest BCUT2D eigenvalue weighted by Crippen LogP contribution is -2.30. The third-order valence-corrected chi connectivity index (χ3v) is 6.27. The van der Waals surface area contributed by atoms with Gasteiger partial charge in [-0.3, -0.25) is 15.5 Å². The molecule has 0 saturated carbocycles. The molecule has 2 N–H and O–H groups in total. The van der Waals surface area contributed by atoms with E-state index in [-0.39, 0.29) is 29.4 Å². The fourth-order valence-corrected chi connectivity index (χ4v) is 4.20. The van der Waals surface area contributed by atoms with E-state index in [1.165, 1.54) is 22.7 Å². The van der Waals surface area contributed by atoms with Gasteiger partial charge in [0.2, 0.25) is 10.0 Å². The van der Waals surface area contributed by atoms with Crippen molar-refractivity contribution in [1.82, 2.24) is 4.31 Å². The fraction of sp³-hybridized carbons (Fsp3) is 0.316. The molecule has 0 atom stereocenters. The highest BCUT2D eigenvalue weighted by Gasteiger charge is 2.25. The summed E-state index contributed by atoms with van der Waals surface area (Å²) in [6.07, 6.45) is 1.28. The van der Waals surface area contributed by atoms with E-state index < -0.39 is 20.6 Å². The predicted octanol–water partition coefficient (Wildman–Crippen LogP) is 3.18. The SMILES string of the molecule is CCOc1cccc(C=NNc2ccc(S(=O)(=O)N(CC)CC)cc2[N+](=O)[O-])c1O. The van der Waals surface area contributed by atoms with E-state index in [0.29, 0.717) is 17.9 Å². The maximum atomic E-state index is 12.6. The highest BCUT2D eigenvalue weighted by Crippen LogP contribution is 2.30. The molecular weight excluding hydrogens is 412 g/mol. The molecule has 0 saturated heterocycles. The first-order valence-electron chi connectivity index (χ1n) is 9.28. The molecule has 2 aromatic carbocycles. The number of sulfonamides is 1. The highest BCUT2D eigenvalue weighted by molar-refractivity contribution is 7.89. The number of hydrazone groups is 1. The number of nitrogens with zero attached hydrogens (tertiary/aromatic N) is 3. The Morgan fingerprint density at radius 2 is 1.93 bits per heavy atom. The predicted molar refractivity (Wildman–Crippen MR) is 114 cm³/mol. The second-order valence-corrected chi connectivity index (χ2v) is 7.96. The van der Waals surface area contributed by atoms with Gasteiger partial charge >= 0.3 is 0 Å². The summed E-state index contributed by atoms with van der Waals surface area (Å²) in [4.78, 5) is 10.6. The Labute approximate surface area is 175 Å². The smallest absolute Gasteiger partial charge is 0.295 e. The van der Waals surface area contributed by atoms with Crippen molar-refractivity contribution in [3.05, 3.63) is 52.1 Å². The van der Waals surface area contributed by atoms with Crippen LogP contribution >= 0.6 is 0 Å². The van der Waals surface area contributed by atoms with Gasteiger partial charge in [0.1, 0.15) is 5.69 Å². The average Bonchev–Trinajstić information content (AvgIpc) is 2.71. The number of anilines is 1. The lowest BCUT2D eigenvalue weighted by Gasteiger charge is -2.18. The molecule has 0 amide bonds. The minimum Gasteiger partial charge on any atom is -0.504 e. The van der Waals surface area contributed by atoms with Crippen LogP contribution in [-0.4, -0.2) is 48.7 Å². The number of rotatable bonds is 10. The molecule has 10 nitrogen and oxygen atoms in total. The van der Waals surface area contributed by atoms with Gasteiger partial charge in [0.15, 0.2) is 11.5 Å². The maximum absolute atomic E-state index is 12.6. The van der Waals surface area contributed by atoms with E-state index in [0.717, 1.165) is 6.07 Å². The zero-order chi connectivity index (χ0) is 22.3. The first-order valence-corrected chi connectivity index (χ1v) is 10.7. The number of nitro benzene ring substituents is 1. The van der Waals surface area contributed by atoms with Crippen LogP contribution in [0.4, 0.5) is 11.4 Å². The number of nitrogens with one attached hydrogen (secondary N) is 1. The zero-order valence-corrected chi connectivity index (χ0v) is 17.7. The minimum atomic E-state index is -3.84. The molecule has 30 heavy (non-hydrogen) atoms. The van der Waals surface area contributed by atoms with Gasteiger partial charge in [-0.25, -0.2) is 8.42 Å². The molecule has 0 aliphatic rings. The molecule has 162 valence electrons. The van der Waals surface area contributed by atoms with Gasteiger partial charge in [-0.1, -0.05) is 19.9 Å². The Morgan fingerprint density at radius 3 is 2.53 bits per heavy atom. The standard InChI is InChI=1S/C19H24N4O6S/c1-4-22(5-2)30(27,28)15-10-11-16(17(12-15)23(25)26)21-20-13-14-8-7-9-18(19(14)24)29-6-3/h7-13,21,24H,4-6H2,1-3H3. The minimum absolute atomic E-state index is 0.00944. The summed E-state index contributed by atoms with van der Waals surface area (Å²) < 4.78 is 31.7. The van der Waals surface area contributed by atoms with Crippen molar-refractivity contribution >= 4 is 27.6 Å². The van der Waals surface area contributed by atoms with Crippen molar-refractivity contribution in [2.75, 3.05) is 25.1 Å². The number of aromatic hydroxyl groups is 1. The quantitative estimate of drug-likeness (QED) is 0.332. The number of benzene rings is 2. The normalized spacial score (nSPS) is 11.7. The Morgan fingerprint density at radius 1 is 1.23 bits per heavy atom. The van der Waals surface area contributed by atoms with Crippen LogP contribution in [0.15, 0.2) is 46.4 Å². The van der Waals surface area contributed by atoms with Crippen molar-refractivity contribution in [1.29, 1.82) is 0 Å². The van der Waals surface area contributed by atoms with Gasteiger partial charge in [0, 0.05) is 24.7 Å². The number of phenols is 1. The summed E-state index contributed by atoms with van der Waals surface area (Å²) in [6.45, 7) is 6.04. The Bertz CT molecular complexity index is 1040. The van der Waals surface area contributed by atoms with Crippen molar-refractivity contribution in [3.63, 3.8) is 0 Å². The van der Waals surface area contributed by atoms with Gasteiger partial charge in [-0.2, -0.15) is 9.41 Å². The van der Waals surface area contributed by atoms with E-state index in [1.807, 2.05) is 0 Å². The lowest BCUT2D eigenvalue weighted by atomic mass is 10.2. The molecule has 0 aliphatic carbocycles. The molecule has 11 heteroatoms. The summed E-state index contributed by atoms with van der Waals surface area (Å²) in [7, 11) is -3.84. The third kappa shape index (κ3) is 5.05. The van der Waals surface area contributed by atoms with Gasteiger partial charge in [0.25, 0.3) is 5.69 Å². The van der Waals surface area contributed by atoms with E-state index in [4.69, 9.17) is 4.74 Å². The largest absolute Gasteiger partial charge is 0.504 e. The molecule has 0 aromatic heterocycles. The van der Waals surface area contributed by atoms with E-state index in [9.17, 15) is 23.6 Å². The monoisotopic (exact) mass is 436 g/mol. The third-order valence-electron chi connectivity index (χ3n) is 4.23. The highest BCUT2D eigenvalue weighted by atomic mass is 32.2. The summed E-state index contributed by atoms with van der Waals surface area (Å²) in [5, 5.41) is 25.5. The van der Waals surface area contributed by atoms with Gasteiger partial charge in [-0.15, -0.1) is 0 Å².